The van der Waals surface area contributed by atoms with Crippen molar-refractivity contribution in [2.24, 2.45) is 5.73 Å². The molecule has 0 spiro atoms. The molecule has 21 heavy (non-hydrogen) atoms. The lowest BCUT2D eigenvalue weighted by atomic mass is 10.1. The van der Waals surface area contributed by atoms with Crippen LogP contribution in [0.25, 0.3) is 0 Å². The first kappa shape index (κ1) is 15.3. The first-order valence-corrected chi connectivity index (χ1v) is 7.17. The molecular formula is C17H20N2OS. The Morgan fingerprint density at radius 3 is 2.57 bits per heavy atom. The van der Waals surface area contributed by atoms with E-state index in [-0.39, 0.29) is 0 Å². The van der Waals surface area contributed by atoms with E-state index in [9.17, 15) is 0 Å². The summed E-state index contributed by atoms with van der Waals surface area (Å²) in [6.07, 6.45) is 0. The van der Waals surface area contributed by atoms with Crippen molar-refractivity contribution < 1.29 is 4.74 Å². The molecule has 0 heterocycles. The largest absolute Gasteiger partial charge is 0.496 e. The van der Waals surface area contributed by atoms with E-state index < -0.39 is 0 Å². The molecule has 2 aromatic carbocycles. The van der Waals surface area contributed by atoms with E-state index >= 15 is 0 Å². The molecule has 0 aromatic heterocycles. The smallest absolute Gasteiger partial charge is 0.123 e. The Labute approximate surface area is 131 Å². The van der Waals surface area contributed by atoms with Gasteiger partial charge in [0.05, 0.1) is 7.11 Å². The average molecular weight is 300 g/mol. The summed E-state index contributed by atoms with van der Waals surface area (Å²) in [6.45, 7) is 2.80. The molecule has 110 valence electrons. The topological polar surface area (TPSA) is 38.5 Å². The summed E-state index contributed by atoms with van der Waals surface area (Å²) < 4.78 is 5.40. The fraction of sp³-hybridized carbons (Fsp3) is 0.235. The average Bonchev–Trinajstić information content (AvgIpc) is 2.47. The van der Waals surface area contributed by atoms with E-state index in [1.807, 2.05) is 37.3 Å². The van der Waals surface area contributed by atoms with Gasteiger partial charge in [-0.3, -0.25) is 0 Å². The molecule has 0 bridgehead atoms. The van der Waals surface area contributed by atoms with Gasteiger partial charge < -0.3 is 15.4 Å². The van der Waals surface area contributed by atoms with Crippen LogP contribution in [0.1, 0.15) is 16.7 Å². The molecule has 4 heteroatoms. The summed E-state index contributed by atoms with van der Waals surface area (Å²) in [7, 11) is 3.75. The van der Waals surface area contributed by atoms with Crippen LogP contribution >= 0.6 is 12.2 Å². The van der Waals surface area contributed by atoms with Gasteiger partial charge in [0.25, 0.3) is 0 Å². The number of ether oxygens (including phenoxy) is 1. The lowest BCUT2D eigenvalue weighted by molar-refractivity contribution is 0.409. The van der Waals surface area contributed by atoms with Crippen LogP contribution in [0.2, 0.25) is 0 Å². The monoisotopic (exact) mass is 300 g/mol. The van der Waals surface area contributed by atoms with Crippen LogP contribution in [-0.2, 0) is 6.54 Å². The van der Waals surface area contributed by atoms with Gasteiger partial charge in [-0.05, 0) is 36.8 Å². The number of hydrogen-bond acceptors (Lipinski definition) is 3. The van der Waals surface area contributed by atoms with Gasteiger partial charge in [0.15, 0.2) is 0 Å². The van der Waals surface area contributed by atoms with Gasteiger partial charge in [-0.2, -0.15) is 0 Å². The normalized spacial score (nSPS) is 10.2. The minimum atomic E-state index is 0.437. The molecule has 0 radical (unpaired) electrons. The van der Waals surface area contributed by atoms with Crippen LogP contribution < -0.4 is 15.4 Å². The van der Waals surface area contributed by atoms with E-state index in [2.05, 4.69) is 24.1 Å². The highest BCUT2D eigenvalue weighted by molar-refractivity contribution is 7.80. The third-order valence-corrected chi connectivity index (χ3v) is 3.74. The summed E-state index contributed by atoms with van der Waals surface area (Å²) in [5.74, 6) is 0.904. The van der Waals surface area contributed by atoms with Crippen LogP contribution in [-0.4, -0.2) is 19.1 Å². The van der Waals surface area contributed by atoms with E-state index in [0.717, 1.165) is 34.7 Å². The summed E-state index contributed by atoms with van der Waals surface area (Å²) in [5.41, 5.74) is 10.00. The van der Waals surface area contributed by atoms with Crippen LogP contribution in [0.5, 0.6) is 5.75 Å². The summed E-state index contributed by atoms with van der Waals surface area (Å²) in [6, 6.07) is 14.2. The highest BCUT2D eigenvalue weighted by Crippen LogP contribution is 2.23. The molecule has 0 aliphatic rings. The molecule has 0 amide bonds. The van der Waals surface area contributed by atoms with Gasteiger partial charge in [-0.1, -0.05) is 30.4 Å². The molecule has 0 unspecified atom stereocenters. The number of rotatable bonds is 5. The number of nitrogens with zero attached hydrogens (tertiary/aromatic N) is 1. The second kappa shape index (κ2) is 6.59. The first-order chi connectivity index (χ1) is 10.0. The van der Waals surface area contributed by atoms with Crippen molar-refractivity contribution in [3.05, 3.63) is 59.2 Å². The first-order valence-electron chi connectivity index (χ1n) is 6.76. The van der Waals surface area contributed by atoms with Gasteiger partial charge in [0.1, 0.15) is 10.7 Å². The van der Waals surface area contributed by atoms with Crippen molar-refractivity contribution >= 4 is 22.9 Å². The zero-order valence-corrected chi connectivity index (χ0v) is 13.4. The highest BCUT2D eigenvalue weighted by Gasteiger charge is 2.09. The Morgan fingerprint density at radius 1 is 1.24 bits per heavy atom. The van der Waals surface area contributed by atoms with E-state index in [1.165, 1.54) is 0 Å². The Bertz CT molecular complexity index is 655. The predicted octanol–water partition coefficient (Wildman–Crippen LogP) is 3.27. The molecule has 3 nitrogen and oxygen atoms in total. The van der Waals surface area contributed by atoms with Crippen molar-refractivity contribution in [3.63, 3.8) is 0 Å². The van der Waals surface area contributed by atoms with Crippen molar-refractivity contribution in [3.8, 4) is 5.75 Å². The van der Waals surface area contributed by atoms with E-state index in [4.69, 9.17) is 22.7 Å². The Morgan fingerprint density at radius 2 is 1.95 bits per heavy atom. The quantitative estimate of drug-likeness (QED) is 0.860. The fourth-order valence-electron chi connectivity index (χ4n) is 2.34. The molecule has 2 rings (SSSR count). The summed E-state index contributed by atoms with van der Waals surface area (Å²) in [4.78, 5) is 2.61. The highest BCUT2D eigenvalue weighted by atomic mass is 32.1. The number of hydrogen-bond donors (Lipinski definition) is 1. The van der Waals surface area contributed by atoms with E-state index in [0.29, 0.717) is 4.99 Å². The third-order valence-electron chi connectivity index (χ3n) is 3.52. The molecule has 0 aliphatic carbocycles. The molecule has 2 aromatic rings. The maximum absolute atomic E-state index is 5.70. The van der Waals surface area contributed by atoms with E-state index in [1.54, 1.807) is 7.11 Å². The van der Waals surface area contributed by atoms with Crippen LogP contribution in [0, 0.1) is 6.92 Å². The van der Waals surface area contributed by atoms with Crippen molar-refractivity contribution in [2.75, 3.05) is 19.1 Å². The van der Waals surface area contributed by atoms with Crippen LogP contribution in [0.15, 0.2) is 42.5 Å². The minimum Gasteiger partial charge on any atom is -0.496 e. The molecule has 0 saturated heterocycles. The second-order valence-corrected chi connectivity index (χ2v) is 5.47. The zero-order chi connectivity index (χ0) is 15.4. The molecule has 0 atom stereocenters. The maximum atomic E-state index is 5.70. The summed E-state index contributed by atoms with van der Waals surface area (Å²) >= 11 is 5.04. The Hall–Kier alpha value is -2.07. The number of thiocarbonyl (C=S) groups is 1. The molecule has 0 fully saturated rings. The standard InChI is InChI=1S/C17H20N2OS/c1-12-10-14(8-9-15(12)17(18)21)19(2)11-13-6-4-5-7-16(13)20-3/h4-10H,11H2,1-3H3,(H2,18,21). The number of nitrogens with two attached hydrogens (primary N) is 1. The SMILES string of the molecule is COc1ccccc1CN(C)c1ccc(C(N)=S)c(C)c1. The van der Waals surface area contributed by atoms with Gasteiger partial charge in [-0.25, -0.2) is 0 Å². The van der Waals surface area contributed by atoms with Crippen LogP contribution in [0.3, 0.4) is 0 Å². The lowest BCUT2D eigenvalue weighted by Gasteiger charge is -2.22. The Balaban J connectivity index is 2.22. The maximum Gasteiger partial charge on any atom is 0.123 e. The molecule has 0 saturated carbocycles. The molecule has 2 N–H and O–H groups in total. The number of aryl methyl sites for hydroxylation is 1. The summed E-state index contributed by atoms with van der Waals surface area (Å²) in [5, 5.41) is 0. The lowest BCUT2D eigenvalue weighted by Crippen LogP contribution is -2.18. The number of benzene rings is 2. The number of methoxy groups -OCH3 is 1. The number of anilines is 1. The number of para-hydroxylation sites is 1. The van der Waals surface area contributed by atoms with Gasteiger partial charge in [0, 0.05) is 30.4 Å². The van der Waals surface area contributed by atoms with Gasteiger partial charge >= 0.3 is 0 Å². The van der Waals surface area contributed by atoms with Gasteiger partial charge in [0.2, 0.25) is 0 Å². The Kier molecular flexibility index (Phi) is 4.81. The molecule has 0 aliphatic heterocycles. The van der Waals surface area contributed by atoms with Crippen molar-refractivity contribution in [2.45, 2.75) is 13.5 Å². The minimum absolute atomic E-state index is 0.437. The second-order valence-electron chi connectivity index (χ2n) is 5.03. The predicted molar refractivity (Wildman–Crippen MR) is 92.2 cm³/mol. The fourth-order valence-corrected chi connectivity index (χ4v) is 2.57. The van der Waals surface area contributed by atoms with Gasteiger partial charge in [-0.15, -0.1) is 0 Å². The zero-order valence-electron chi connectivity index (χ0n) is 12.6. The molecular weight excluding hydrogens is 280 g/mol. The van der Waals surface area contributed by atoms with Crippen molar-refractivity contribution in [1.29, 1.82) is 0 Å². The van der Waals surface area contributed by atoms with Crippen LogP contribution in [0.4, 0.5) is 5.69 Å². The third kappa shape index (κ3) is 3.52. The van der Waals surface area contributed by atoms with Crippen molar-refractivity contribution in [1.82, 2.24) is 0 Å².